The summed E-state index contributed by atoms with van der Waals surface area (Å²) < 4.78 is 5.10. The summed E-state index contributed by atoms with van der Waals surface area (Å²) in [6.45, 7) is 7.30. The molecule has 0 aromatic heterocycles. The molecule has 2 rings (SSSR count). The minimum atomic E-state index is 0.0893. The van der Waals surface area contributed by atoms with Gasteiger partial charge < -0.3 is 15.0 Å². The van der Waals surface area contributed by atoms with E-state index in [1.54, 1.807) is 7.11 Å². The predicted molar refractivity (Wildman–Crippen MR) is 80.1 cm³/mol. The number of ether oxygens (including phenoxy) is 1. The molecule has 0 aliphatic carbocycles. The summed E-state index contributed by atoms with van der Waals surface area (Å²) in [6, 6.07) is 7.45. The lowest BCUT2D eigenvalue weighted by Crippen LogP contribution is -3.15. The Kier molecular flexibility index (Phi) is 5.01. The number of hydrogen-bond donors (Lipinski definition) is 2. The Labute approximate surface area is 121 Å². The van der Waals surface area contributed by atoms with Gasteiger partial charge in [-0.3, -0.25) is 4.79 Å². The molecular formula is C16H25N2O2+. The highest BCUT2D eigenvalue weighted by Gasteiger charge is 2.26. The molecule has 4 nitrogen and oxygen atoms in total. The topological polar surface area (TPSA) is 42.8 Å². The highest BCUT2D eigenvalue weighted by molar-refractivity contribution is 5.91. The minimum absolute atomic E-state index is 0.0893. The fourth-order valence-electron chi connectivity index (χ4n) is 3.17. The van der Waals surface area contributed by atoms with Crippen LogP contribution < -0.4 is 15.0 Å². The van der Waals surface area contributed by atoms with Gasteiger partial charge in [-0.05, 0) is 30.7 Å². The van der Waals surface area contributed by atoms with Gasteiger partial charge in [-0.2, -0.15) is 0 Å². The molecule has 110 valence electrons. The second-order valence-electron chi connectivity index (χ2n) is 6.06. The van der Waals surface area contributed by atoms with Gasteiger partial charge in [-0.15, -0.1) is 0 Å². The van der Waals surface area contributed by atoms with E-state index in [0.29, 0.717) is 18.4 Å². The molecule has 1 aliphatic heterocycles. The minimum Gasteiger partial charge on any atom is -0.497 e. The zero-order valence-corrected chi connectivity index (χ0v) is 12.6. The second-order valence-corrected chi connectivity index (χ2v) is 6.06. The van der Waals surface area contributed by atoms with Crippen LogP contribution in [0.25, 0.3) is 0 Å². The highest BCUT2D eigenvalue weighted by Crippen LogP contribution is 2.15. The summed E-state index contributed by atoms with van der Waals surface area (Å²) in [5, 5.41) is 2.95. The van der Waals surface area contributed by atoms with E-state index in [0.717, 1.165) is 24.5 Å². The lowest BCUT2D eigenvalue weighted by molar-refractivity contribution is -0.904. The molecule has 0 bridgehead atoms. The zero-order valence-electron chi connectivity index (χ0n) is 12.6. The van der Waals surface area contributed by atoms with E-state index in [2.05, 4.69) is 19.2 Å². The van der Waals surface area contributed by atoms with E-state index in [1.807, 2.05) is 24.3 Å². The summed E-state index contributed by atoms with van der Waals surface area (Å²) in [7, 11) is 1.63. The molecule has 2 N–H and O–H groups in total. The van der Waals surface area contributed by atoms with Crippen molar-refractivity contribution in [3.05, 3.63) is 24.3 Å². The predicted octanol–water partition coefficient (Wildman–Crippen LogP) is 1.19. The van der Waals surface area contributed by atoms with Crippen LogP contribution in [0, 0.1) is 11.8 Å². The van der Waals surface area contributed by atoms with Crippen molar-refractivity contribution in [2.24, 2.45) is 11.8 Å². The molecule has 20 heavy (non-hydrogen) atoms. The van der Waals surface area contributed by atoms with Crippen molar-refractivity contribution in [3.63, 3.8) is 0 Å². The van der Waals surface area contributed by atoms with Gasteiger partial charge in [0.1, 0.15) is 5.75 Å². The van der Waals surface area contributed by atoms with Gasteiger partial charge in [0.15, 0.2) is 6.54 Å². The molecule has 1 fully saturated rings. The number of piperidine rings is 1. The average Bonchev–Trinajstić information content (AvgIpc) is 2.38. The number of anilines is 1. The van der Waals surface area contributed by atoms with E-state index in [4.69, 9.17) is 4.74 Å². The molecule has 0 radical (unpaired) electrons. The highest BCUT2D eigenvalue weighted by atomic mass is 16.5. The third-order valence-electron chi connectivity index (χ3n) is 3.86. The number of likely N-dealkylation sites (tertiary alicyclic amines) is 1. The number of methoxy groups -OCH3 is 1. The standard InChI is InChI=1S/C16H24N2O2/c1-12-8-13(2)10-18(9-12)11-16(19)17-14-4-6-15(20-3)7-5-14/h4-7,12-13H,8-11H2,1-3H3,(H,17,19)/p+1/t12-,13-/m0/s1. The van der Waals surface area contributed by atoms with Gasteiger partial charge in [0, 0.05) is 17.5 Å². The first-order valence-corrected chi connectivity index (χ1v) is 7.34. The summed E-state index contributed by atoms with van der Waals surface area (Å²) in [6.07, 6.45) is 1.28. The van der Waals surface area contributed by atoms with Crippen molar-refractivity contribution in [1.82, 2.24) is 0 Å². The number of carbonyl (C=O) groups excluding carboxylic acids is 1. The van der Waals surface area contributed by atoms with E-state index in [1.165, 1.54) is 11.3 Å². The fraction of sp³-hybridized carbons (Fsp3) is 0.562. The van der Waals surface area contributed by atoms with Crippen molar-refractivity contribution >= 4 is 11.6 Å². The van der Waals surface area contributed by atoms with Crippen LogP contribution in [0.4, 0.5) is 5.69 Å². The maximum atomic E-state index is 12.1. The van der Waals surface area contributed by atoms with Crippen molar-refractivity contribution in [2.75, 3.05) is 32.1 Å². The Hall–Kier alpha value is -1.55. The number of amides is 1. The van der Waals surface area contributed by atoms with Gasteiger partial charge >= 0.3 is 0 Å². The summed E-state index contributed by atoms with van der Waals surface area (Å²) >= 11 is 0. The number of rotatable bonds is 4. The molecular weight excluding hydrogens is 252 g/mol. The Morgan fingerprint density at radius 3 is 2.40 bits per heavy atom. The molecule has 1 amide bonds. The van der Waals surface area contributed by atoms with Gasteiger partial charge in [-0.1, -0.05) is 13.8 Å². The monoisotopic (exact) mass is 277 g/mol. The average molecular weight is 277 g/mol. The third-order valence-corrected chi connectivity index (χ3v) is 3.86. The molecule has 0 saturated carbocycles. The van der Waals surface area contributed by atoms with Crippen LogP contribution in [0.3, 0.4) is 0 Å². The Balaban J connectivity index is 1.85. The number of carbonyl (C=O) groups is 1. The zero-order chi connectivity index (χ0) is 14.5. The first-order chi connectivity index (χ1) is 9.56. The second kappa shape index (κ2) is 6.75. The van der Waals surface area contributed by atoms with Gasteiger partial charge in [0.05, 0.1) is 20.2 Å². The lowest BCUT2D eigenvalue weighted by atomic mass is 9.92. The summed E-state index contributed by atoms with van der Waals surface area (Å²) in [5.74, 6) is 2.31. The Morgan fingerprint density at radius 2 is 1.85 bits per heavy atom. The molecule has 1 aliphatic rings. The SMILES string of the molecule is COc1ccc(NC(=O)C[NH+]2C[C@@H](C)C[C@H](C)C2)cc1. The van der Waals surface area contributed by atoms with Crippen LogP contribution in [-0.4, -0.2) is 32.7 Å². The van der Waals surface area contributed by atoms with Crippen molar-refractivity contribution in [3.8, 4) is 5.75 Å². The summed E-state index contributed by atoms with van der Waals surface area (Å²) in [5.41, 5.74) is 0.827. The van der Waals surface area contributed by atoms with E-state index in [-0.39, 0.29) is 5.91 Å². The number of quaternary nitrogens is 1. The van der Waals surface area contributed by atoms with Crippen LogP contribution in [0.5, 0.6) is 5.75 Å². The van der Waals surface area contributed by atoms with Crippen LogP contribution in [0.1, 0.15) is 20.3 Å². The molecule has 2 atom stereocenters. The lowest BCUT2D eigenvalue weighted by Gasteiger charge is -2.31. The molecule has 1 heterocycles. The van der Waals surface area contributed by atoms with Crippen LogP contribution in [0.2, 0.25) is 0 Å². The molecule has 0 unspecified atom stereocenters. The van der Waals surface area contributed by atoms with Gasteiger partial charge in [0.25, 0.3) is 5.91 Å². The quantitative estimate of drug-likeness (QED) is 0.868. The molecule has 0 spiro atoms. The Morgan fingerprint density at radius 1 is 1.25 bits per heavy atom. The molecule has 1 saturated heterocycles. The van der Waals surface area contributed by atoms with E-state index < -0.39 is 0 Å². The van der Waals surface area contributed by atoms with Crippen LogP contribution >= 0.6 is 0 Å². The Bertz CT molecular complexity index is 434. The largest absolute Gasteiger partial charge is 0.497 e. The first-order valence-electron chi connectivity index (χ1n) is 7.34. The molecule has 4 heteroatoms. The number of benzene rings is 1. The van der Waals surface area contributed by atoms with Gasteiger partial charge in [0.2, 0.25) is 0 Å². The van der Waals surface area contributed by atoms with Crippen LogP contribution in [0.15, 0.2) is 24.3 Å². The summed E-state index contributed by atoms with van der Waals surface area (Å²) in [4.78, 5) is 13.5. The maximum Gasteiger partial charge on any atom is 0.279 e. The van der Waals surface area contributed by atoms with Crippen molar-refractivity contribution in [1.29, 1.82) is 0 Å². The number of hydrogen-bond acceptors (Lipinski definition) is 2. The van der Waals surface area contributed by atoms with Crippen LogP contribution in [-0.2, 0) is 4.79 Å². The smallest absolute Gasteiger partial charge is 0.279 e. The van der Waals surface area contributed by atoms with Gasteiger partial charge in [-0.25, -0.2) is 0 Å². The van der Waals surface area contributed by atoms with Crippen molar-refractivity contribution < 1.29 is 14.4 Å². The normalized spacial score (nSPS) is 26.1. The number of nitrogens with one attached hydrogen (secondary N) is 2. The van der Waals surface area contributed by atoms with E-state index >= 15 is 0 Å². The molecule has 1 aromatic rings. The third kappa shape index (κ3) is 4.23. The van der Waals surface area contributed by atoms with Crippen molar-refractivity contribution in [2.45, 2.75) is 20.3 Å². The fourth-order valence-corrected chi connectivity index (χ4v) is 3.17. The first kappa shape index (κ1) is 14.9. The van der Waals surface area contributed by atoms with E-state index in [9.17, 15) is 4.79 Å². The maximum absolute atomic E-state index is 12.1. The molecule has 1 aromatic carbocycles.